The number of carbonyl (C=O) groups excluding carboxylic acids is 1. The van der Waals surface area contributed by atoms with Gasteiger partial charge in [0.2, 0.25) is 0 Å². The largest absolute Gasteiger partial charge is 0.497 e. The molecule has 118 valence electrons. The molecule has 1 fully saturated rings. The van der Waals surface area contributed by atoms with Crippen molar-refractivity contribution < 1.29 is 9.53 Å². The maximum Gasteiger partial charge on any atom is 0.253 e. The van der Waals surface area contributed by atoms with Crippen molar-refractivity contribution in [2.24, 2.45) is 0 Å². The monoisotopic (exact) mass is 308 g/mol. The van der Waals surface area contributed by atoms with E-state index in [1.807, 2.05) is 29.2 Å². The maximum absolute atomic E-state index is 12.7. The molecular formula is C19H20N2O2. The normalized spacial score (nSPS) is 19.3. The van der Waals surface area contributed by atoms with Gasteiger partial charge in [-0.15, -0.1) is 0 Å². The Morgan fingerprint density at radius 2 is 1.87 bits per heavy atom. The molecule has 2 aromatic rings. The van der Waals surface area contributed by atoms with Crippen LogP contribution < -0.4 is 9.64 Å². The number of hydrogen-bond donors (Lipinski definition) is 0. The number of amides is 1. The first-order chi connectivity index (χ1) is 11.3. The zero-order valence-corrected chi connectivity index (χ0v) is 13.2. The number of methoxy groups -OCH3 is 1. The van der Waals surface area contributed by atoms with Crippen molar-refractivity contribution in [1.82, 2.24) is 4.90 Å². The van der Waals surface area contributed by atoms with Crippen molar-refractivity contribution in [2.75, 3.05) is 31.6 Å². The number of hydrogen-bond acceptors (Lipinski definition) is 3. The zero-order chi connectivity index (χ0) is 15.8. The van der Waals surface area contributed by atoms with Crippen LogP contribution in [-0.2, 0) is 6.42 Å². The van der Waals surface area contributed by atoms with Gasteiger partial charge in [0.05, 0.1) is 13.2 Å². The highest BCUT2D eigenvalue weighted by Crippen LogP contribution is 2.34. The number of piperazine rings is 1. The summed E-state index contributed by atoms with van der Waals surface area (Å²) < 4.78 is 5.16. The number of ether oxygens (including phenoxy) is 1. The highest BCUT2D eigenvalue weighted by atomic mass is 16.5. The molecule has 0 spiro atoms. The second-order valence-corrected chi connectivity index (χ2v) is 6.16. The number of para-hydroxylation sites is 1. The Hall–Kier alpha value is -2.49. The molecule has 4 nitrogen and oxygen atoms in total. The molecule has 1 atom stereocenters. The van der Waals surface area contributed by atoms with Crippen molar-refractivity contribution >= 4 is 11.6 Å². The van der Waals surface area contributed by atoms with E-state index < -0.39 is 0 Å². The van der Waals surface area contributed by atoms with E-state index in [-0.39, 0.29) is 5.91 Å². The van der Waals surface area contributed by atoms with Gasteiger partial charge in [-0.25, -0.2) is 0 Å². The third kappa shape index (κ3) is 2.44. The van der Waals surface area contributed by atoms with Gasteiger partial charge < -0.3 is 14.5 Å². The fraction of sp³-hybridized carbons (Fsp3) is 0.316. The molecular weight excluding hydrogens is 288 g/mol. The fourth-order valence-corrected chi connectivity index (χ4v) is 3.67. The van der Waals surface area contributed by atoms with Gasteiger partial charge in [-0.2, -0.15) is 0 Å². The molecule has 23 heavy (non-hydrogen) atoms. The summed E-state index contributed by atoms with van der Waals surface area (Å²) in [4.78, 5) is 17.2. The maximum atomic E-state index is 12.7. The topological polar surface area (TPSA) is 32.8 Å². The summed E-state index contributed by atoms with van der Waals surface area (Å²) >= 11 is 0. The van der Waals surface area contributed by atoms with E-state index in [1.165, 1.54) is 11.3 Å². The molecule has 0 radical (unpaired) electrons. The standard InChI is InChI=1S/C19H20N2O2/c1-23-17-8-6-14(7-9-17)19(22)20-10-11-21-16(13-20)12-15-4-2-3-5-18(15)21/h2-9,16H,10-13H2,1H3. The summed E-state index contributed by atoms with van der Waals surface area (Å²) in [6.07, 6.45) is 1.03. The lowest BCUT2D eigenvalue weighted by atomic mass is 10.1. The van der Waals surface area contributed by atoms with Crippen LogP contribution in [-0.4, -0.2) is 43.6 Å². The van der Waals surface area contributed by atoms with Crippen LogP contribution in [0.1, 0.15) is 15.9 Å². The first kappa shape index (κ1) is 14.1. The average molecular weight is 308 g/mol. The molecule has 2 heterocycles. The first-order valence-corrected chi connectivity index (χ1v) is 8.04. The first-order valence-electron chi connectivity index (χ1n) is 8.04. The Balaban J connectivity index is 1.49. The van der Waals surface area contributed by atoms with Crippen LogP contribution in [0.5, 0.6) is 5.75 Å². The second-order valence-electron chi connectivity index (χ2n) is 6.16. The van der Waals surface area contributed by atoms with Gasteiger partial charge in [-0.3, -0.25) is 4.79 Å². The lowest BCUT2D eigenvalue weighted by Gasteiger charge is -2.39. The Morgan fingerprint density at radius 3 is 2.65 bits per heavy atom. The van der Waals surface area contributed by atoms with Crippen LogP contribution in [0.2, 0.25) is 0 Å². The SMILES string of the molecule is COc1ccc(C(=O)N2CCN3c4ccccc4CC3C2)cc1. The highest BCUT2D eigenvalue weighted by Gasteiger charge is 2.35. The summed E-state index contributed by atoms with van der Waals surface area (Å²) in [7, 11) is 1.63. The smallest absolute Gasteiger partial charge is 0.253 e. The van der Waals surface area contributed by atoms with Crippen molar-refractivity contribution in [3.05, 3.63) is 59.7 Å². The quantitative estimate of drug-likeness (QED) is 0.855. The minimum Gasteiger partial charge on any atom is -0.497 e. The molecule has 2 aliphatic rings. The van der Waals surface area contributed by atoms with Crippen LogP contribution >= 0.6 is 0 Å². The van der Waals surface area contributed by atoms with Crippen molar-refractivity contribution in [3.8, 4) is 5.75 Å². The molecule has 0 bridgehead atoms. The Labute approximate surface area is 136 Å². The summed E-state index contributed by atoms with van der Waals surface area (Å²) in [6, 6.07) is 16.4. The van der Waals surface area contributed by atoms with E-state index in [4.69, 9.17) is 4.74 Å². The summed E-state index contributed by atoms with van der Waals surface area (Å²) in [5.74, 6) is 0.890. The van der Waals surface area contributed by atoms with Crippen LogP contribution in [0.25, 0.3) is 0 Å². The summed E-state index contributed by atoms with van der Waals surface area (Å²) in [5.41, 5.74) is 3.47. The summed E-state index contributed by atoms with van der Waals surface area (Å²) in [5, 5.41) is 0. The Kier molecular flexibility index (Phi) is 3.45. The van der Waals surface area contributed by atoms with E-state index in [0.29, 0.717) is 6.04 Å². The molecule has 0 saturated carbocycles. The third-order valence-electron chi connectivity index (χ3n) is 4.86. The predicted octanol–water partition coefficient (Wildman–Crippen LogP) is 2.58. The van der Waals surface area contributed by atoms with Gasteiger partial charge in [-0.1, -0.05) is 18.2 Å². The van der Waals surface area contributed by atoms with Gasteiger partial charge >= 0.3 is 0 Å². The minimum atomic E-state index is 0.114. The molecule has 0 N–H and O–H groups in total. The van der Waals surface area contributed by atoms with Crippen LogP contribution in [0.4, 0.5) is 5.69 Å². The fourth-order valence-electron chi connectivity index (χ4n) is 3.67. The number of nitrogens with zero attached hydrogens (tertiary/aromatic N) is 2. The molecule has 0 aliphatic carbocycles. The highest BCUT2D eigenvalue weighted by molar-refractivity contribution is 5.94. The van der Waals surface area contributed by atoms with Crippen LogP contribution in [0.3, 0.4) is 0 Å². The van der Waals surface area contributed by atoms with Gasteiger partial charge in [0.15, 0.2) is 0 Å². The lowest BCUT2D eigenvalue weighted by Crippen LogP contribution is -2.53. The molecule has 4 rings (SSSR count). The Bertz CT molecular complexity index is 726. The van der Waals surface area contributed by atoms with Crippen molar-refractivity contribution in [3.63, 3.8) is 0 Å². The van der Waals surface area contributed by atoms with Crippen LogP contribution in [0.15, 0.2) is 48.5 Å². The molecule has 2 aromatic carbocycles. The van der Waals surface area contributed by atoms with E-state index >= 15 is 0 Å². The van der Waals surface area contributed by atoms with E-state index in [2.05, 4.69) is 29.2 Å². The molecule has 1 unspecified atom stereocenters. The molecule has 0 aromatic heterocycles. The third-order valence-corrected chi connectivity index (χ3v) is 4.86. The number of anilines is 1. The Morgan fingerprint density at radius 1 is 1.09 bits per heavy atom. The number of carbonyl (C=O) groups is 1. The lowest BCUT2D eigenvalue weighted by molar-refractivity contribution is 0.0725. The molecule has 4 heteroatoms. The number of rotatable bonds is 2. The van der Waals surface area contributed by atoms with Gasteiger partial charge in [0.25, 0.3) is 5.91 Å². The zero-order valence-electron chi connectivity index (χ0n) is 13.2. The van der Waals surface area contributed by atoms with Gasteiger partial charge in [0.1, 0.15) is 5.75 Å². The average Bonchev–Trinajstić information content (AvgIpc) is 2.99. The van der Waals surface area contributed by atoms with E-state index in [9.17, 15) is 4.79 Å². The second kappa shape index (κ2) is 5.61. The van der Waals surface area contributed by atoms with Crippen LogP contribution in [0, 0.1) is 0 Å². The van der Waals surface area contributed by atoms with Gasteiger partial charge in [-0.05, 0) is 42.3 Å². The minimum absolute atomic E-state index is 0.114. The summed E-state index contributed by atoms with van der Waals surface area (Å²) in [6.45, 7) is 2.47. The predicted molar refractivity (Wildman–Crippen MR) is 90.2 cm³/mol. The van der Waals surface area contributed by atoms with E-state index in [1.54, 1.807) is 7.11 Å². The van der Waals surface area contributed by atoms with Crippen molar-refractivity contribution in [1.29, 1.82) is 0 Å². The van der Waals surface area contributed by atoms with Gasteiger partial charge in [0, 0.05) is 30.9 Å². The molecule has 2 aliphatic heterocycles. The molecule has 1 amide bonds. The number of fused-ring (bicyclic) bond motifs is 3. The molecule has 1 saturated heterocycles. The van der Waals surface area contributed by atoms with Crippen molar-refractivity contribution in [2.45, 2.75) is 12.5 Å². The van der Waals surface area contributed by atoms with E-state index in [0.717, 1.165) is 37.4 Å². The number of benzene rings is 2.